The maximum absolute atomic E-state index is 4.35. The molecule has 0 bridgehead atoms. The fraction of sp³-hybridized carbons (Fsp3) is 0. The van der Waals surface area contributed by atoms with Gasteiger partial charge in [0.05, 0.1) is 0 Å². The highest BCUT2D eigenvalue weighted by Gasteiger charge is 2.05. The summed E-state index contributed by atoms with van der Waals surface area (Å²) < 4.78 is 0. The Balaban J connectivity index is 2.32. The smallest absolute Gasteiger partial charge is 0.178 e. The molecule has 0 aliphatic rings. The first-order chi connectivity index (χ1) is 7.95. The number of hydrogen-bond donors (Lipinski definition) is 0. The van der Waals surface area contributed by atoms with E-state index in [-0.39, 0.29) is 0 Å². The summed E-state index contributed by atoms with van der Waals surface area (Å²) in [5.74, 6) is 0.666. The predicted octanol–water partition coefficient (Wildman–Crippen LogP) is 2.69. The zero-order chi connectivity index (χ0) is 10.8. The first-order valence-electron chi connectivity index (χ1n) is 5.06. The molecular weight excluding hydrogens is 198 g/mol. The molecular formula is C13H9N3. The number of aromatic nitrogens is 3. The van der Waals surface area contributed by atoms with E-state index in [2.05, 4.69) is 21.0 Å². The molecule has 0 amide bonds. The monoisotopic (exact) mass is 207 g/mol. The average molecular weight is 207 g/mol. The lowest BCUT2D eigenvalue weighted by Gasteiger charge is -2.03. The Kier molecular flexibility index (Phi) is 2.07. The Morgan fingerprint density at radius 1 is 0.688 bits per heavy atom. The molecule has 16 heavy (non-hydrogen) atoms. The summed E-state index contributed by atoms with van der Waals surface area (Å²) in [5, 5.41) is 2.23. The van der Waals surface area contributed by atoms with Gasteiger partial charge in [0, 0.05) is 24.0 Å². The maximum Gasteiger partial charge on any atom is 0.178 e. The van der Waals surface area contributed by atoms with Crippen LogP contribution in [0.25, 0.3) is 22.3 Å². The SMILES string of the molecule is c1cnc(-c2nccc3ccccc23)nc1. The standard InChI is InChI=1S/C13H9N3/c1-2-5-11-10(4-1)6-9-14-12(11)13-15-7-3-8-16-13/h1-9H. The molecule has 0 N–H and O–H groups in total. The van der Waals surface area contributed by atoms with E-state index in [1.807, 2.05) is 24.3 Å². The predicted molar refractivity (Wildman–Crippen MR) is 62.8 cm³/mol. The van der Waals surface area contributed by atoms with Crippen LogP contribution in [0.5, 0.6) is 0 Å². The Bertz CT molecular complexity index is 615. The summed E-state index contributed by atoms with van der Waals surface area (Å²) >= 11 is 0. The molecule has 2 aromatic heterocycles. The Labute approximate surface area is 92.8 Å². The van der Waals surface area contributed by atoms with Crippen LogP contribution in [0.3, 0.4) is 0 Å². The second kappa shape index (κ2) is 3.70. The van der Waals surface area contributed by atoms with Crippen LogP contribution in [-0.4, -0.2) is 15.0 Å². The molecule has 0 spiro atoms. The minimum atomic E-state index is 0.666. The van der Waals surface area contributed by atoms with Crippen molar-refractivity contribution in [1.29, 1.82) is 0 Å². The molecule has 76 valence electrons. The molecule has 3 heteroatoms. The highest BCUT2D eigenvalue weighted by molar-refractivity contribution is 5.92. The lowest BCUT2D eigenvalue weighted by Crippen LogP contribution is -1.91. The third-order valence-corrected chi connectivity index (χ3v) is 2.45. The Hall–Kier alpha value is -2.29. The lowest BCUT2D eigenvalue weighted by atomic mass is 10.1. The number of rotatable bonds is 1. The maximum atomic E-state index is 4.35. The second-order valence-electron chi connectivity index (χ2n) is 3.45. The molecule has 3 rings (SSSR count). The topological polar surface area (TPSA) is 38.7 Å². The van der Waals surface area contributed by atoms with E-state index in [0.717, 1.165) is 16.5 Å². The summed E-state index contributed by atoms with van der Waals surface area (Å²) in [4.78, 5) is 12.8. The van der Waals surface area contributed by atoms with Crippen molar-refractivity contribution in [3.8, 4) is 11.5 Å². The van der Waals surface area contributed by atoms with Crippen LogP contribution in [0.1, 0.15) is 0 Å². The van der Waals surface area contributed by atoms with E-state index in [1.165, 1.54) is 0 Å². The van der Waals surface area contributed by atoms with Crippen LogP contribution in [0.2, 0.25) is 0 Å². The fourth-order valence-electron chi connectivity index (χ4n) is 1.72. The molecule has 1 aromatic carbocycles. The van der Waals surface area contributed by atoms with Gasteiger partial charge in [-0.25, -0.2) is 9.97 Å². The van der Waals surface area contributed by atoms with Gasteiger partial charge in [0.15, 0.2) is 5.82 Å². The summed E-state index contributed by atoms with van der Waals surface area (Å²) in [6, 6.07) is 11.9. The van der Waals surface area contributed by atoms with E-state index in [1.54, 1.807) is 24.7 Å². The van der Waals surface area contributed by atoms with Crippen molar-refractivity contribution in [2.24, 2.45) is 0 Å². The van der Waals surface area contributed by atoms with Gasteiger partial charge in [-0.3, -0.25) is 4.98 Å². The van der Waals surface area contributed by atoms with Crippen LogP contribution in [-0.2, 0) is 0 Å². The van der Waals surface area contributed by atoms with Crippen LogP contribution in [0, 0.1) is 0 Å². The summed E-state index contributed by atoms with van der Waals surface area (Å²) in [6.07, 6.45) is 5.24. The van der Waals surface area contributed by atoms with Gasteiger partial charge >= 0.3 is 0 Å². The quantitative estimate of drug-likeness (QED) is 0.615. The minimum absolute atomic E-state index is 0.666. The zero-order valence-corrected chi connectivity index (χ0v) is 8.54. The van der Waals surface area contributed by atoms with Crippen molar-refractivity contribution < 1.29 is 0 Å². The molecule has 0 unspecified atom stereocenters. The number of benzene rings is 1. The molecule has 3 nitrogen and oxygen atoms in total. The molecule has 2 heterocycles. The summed E-state index contributed by atoms with van der Waals surface area (Å²) in [6.45, 7) is 0. The van der Waals surface area contributed by atoms with Crippen molar-refractivity contribution in [2.75, 3.05) is 0 Å². The Morgan fingerprint density at radius 2 is 1.50 bits per heavy atom. The molecule has 0 atom stereocenters. The summed E-state index contributed by atoms with van der Waals surface area (Å²) in [5.41, 5.74) is 0.832. The van der Waals surface area contributed by atoms with E-state index in [9.17, 15) is 0 Å². The third-order valence-electron chi connectivity index (χ3n) is 2.45. The molecule has 0 radical (unpaired) electrons. The van der Waals surface area contributed by atoms with Gasteiger partial charge in [-0.05, 0) is 17.5 Å². The minimum Gasteiger partial charge on any atom is -0.252 e. The van der Waals surface area contributed by atoms with Crippen molar-refractivity contribution in [2.45, 2.75) is 0 Å². The highest BCUT2D eigenvalue weighted by Crippen LogP contribution is 2.22. The van der Waals surface area contributed by atoms with Crippen molar-refractivity contribution in [3.05, 3.63) is 55.0 Å². The number of fused-ring (bicyclic) bond motifs is 1. The van der Waals surface area contributed by atoms with E-state index in [0.29, 0.717) is 5.82 Å². The molecule has 0 aliphatic carbocycles. The molecule has 0 saturated heterocycles. The summed E-state index contributed by atoms with van der Waals surface area (Å²) in [7, 11) is 0. The molecule has 0 aliphatic heterocycles. The molecule has 3 aromatic rings. The van der Waals surface area contributed by atoms with Crippen LogP contribution < -0.4 is 0 Å². The molecule has 0 saturated carbocycles. The largest absolute Gasteiger partial charge is 0.252 e. The number of pyridine rings is 1. The Morgan fingerprint density at radius 3 is 2.38 bits per heavy atom. The van der Waals surface area contributed by atoms with Crippen LogP contribution >= 0.6 is 0 Å². The van der Waals surface area contributed by atoms with Gasteiger partial charge in [0.25, 0.3) is 0 Å². The van der Waals surface area contributed by atoms with Crippen molar-refractivity contribution >= 4 is 10.8 Å². The van der Waals surface area contributed by atoms with Crippen molar-refractivity contribution in [3.63, 3.8) is 0 Å². The van der Waals surface area contributed by atoms with E-state index < -0.39 is 0 Å². The first-order valence-corrected chi connectivity index (χ1v) is 5.06. The lowest BCUT2D eigenvalue weighted by molar-refractivity contribution is 1.15. The van der Waals surface area contributed by atoms with E-state index >= 15 is 0 Å². The second-order valence-corrected chi connectivity index (χ2v) is 3.45. The number of nitrogens with zero attached hydrogens (tertiary/aromatic N) is 3. The van der Waals surface area contributed by atoms with Crippen LogP contribution in [0.15, 0.2) is 55.0 Å². The van der Waals surface area contributed by atoms with Gasteiger partial charge in [-0.1, -0.05) is 24.3 Å². The third kappa shape index (κ3) is 1.42. The number of hydrogen-bond acceptors (Lipinski definition) is 3. The van der Waals surface area contributed by atoms with Crippen LogP contribution in [0.4, 0.5) is 0 Å². The van der Waals surface area contributed by atoms with Gasteiger partial charge in [0.1, 0.15) is 5.69 Å². The molecule has 0 fully saturated rings. The van der Waals surface area contributed by atoms with Gasteiger partial charge in [-0.2, -0.15) is 0 Å². The normalized spacial score (nSPS) is 10.5. The fourth-order valence-corrected chi connectivity index (χ4v) is 1.72. The van der Waals surface area contributed by atoms with Gasteiger partial charge in [-0.15, -0.1) is 0 Å². The first kappa shape index (κ1) is 8.97. The highest BCUT2D eigenvalue weighted by atomic mass is 14.9. The van der Waals surface area contributed by atoms with Crippen molar-refractivity contribution in [1.82, 2.24) is 15.0 Å². The average Bonchev–Trinajstić information content (AvgIpc) is 2.39. The zero-order valence-electron chi connectivity index (χ0n) is 8.54. The van der Waals surface area contributed by atoms with Gasteiger partial charge < -0.3 is 0 Å². The van der Waals surface area contributed by atoms with Gasteiger partial charge in [0.2, 0.25) is 0 Å². The van der Waals surface area contributed by atoms with E-state index in [4.69, 9.17) is 0 Å².